The van der Waals surface area contributed by atoms with Gasteiger partial charge in [-0.2, -0.15) is 0 Å². The Kier molecular flexibility index (Phi) is 5.32. The van der Waals surface area contributed by atoms with Crippen molar-refractivity contribution < 1.29 is 14.7 Å². The number of hydrogen-bond acceptors (Lipinski definition) is 3. The molecule has 1 rings (SSSR count). The van der Waals surface area contributed by atoms with Crippen molar-refractivity contribution in [1.29, 1.82) is 0 Å². The first-order chi connectivity index (χ1) is 9.31. The maximum Gasteiger partial charge on any atom is 0.328 e. The summed E-state index contributed by atoms with van der Waals surface area (Å²) in [4.78, 5) is 23.6. The third kappa shape index (κ3) is 4.42. The largest absolute Gasteiger partial charge is 0.478 e. The van der Waals surface area contributed by atoms with Crippen LogP contribution in [0.1, 0.15) is 25.0 Å². The van der Waals surface area contributed by atoms with Gasteiger partial charge < -0.3 is 15.7 Å². The number of aliphatic carboxylic acids is 1. The molecule has 5 nitrogen and oxygen atoms in total. The van der Waals surface area contributed by atoms with Gasteiger partial charge in [0, 0.05) is 17.8 Å². The van der Waals surface area contributed by atoms with E-state index in [1.54, 1.807) is 0 Å². The molecule has 0 aliphatic carbocycles. The molecule has 0 fully saturated rings. The van der Waals surface area contributed by atoms with E-state index in [1.807, 2.05) is 43.9 Å². The summed E-state index contributed by atoms with van der Waals surface area (Å²) in [5.41, 5.74) is 7.96. The normalized spacial score (nSPS) is 11.0. The second-order valence-corrected chi connectivity index (χ2v) is 4.91. The maximum atomic E-state index is 11.1. The highest BCUT2D eigenvalue weighted by molar-refractivity contribution is 5.85. The van der Waals surface area contributed by atoms with Gasteiger partial charge >= 0.3 is 5.97 Å². The number of carboxylic acid groups (broad SMARTS) is 1. The Morgan fingerprint density at radius 1 is 1.40 bits per heavy atom. The minimum Gasteiger partial charge on any atom is -0.478 e. The monoisotopic (exact) mass is 276 g/mol. The number of aryl methyl sites for hydroxylation is 1. The molecular weight excluding hydrogens is 256 g/mol. The SMILES string of the molecule is Cc1cc(C=CC(=O)O)ccc1N(CC(N)=O)C(C)C. The van der Waals surface area contributed by atoms with Gasteiger partial charge in [-0.15, -0.1) is 0 Å². The van der Waals surface area contributed by atoms with Crippen LogP contribution in [0.2, 0.25) is 0 Å². The Labute approximate surface area is 118 Å². The number of carboxylic acids is 1. The molecule has 0 aliphatic rings. The van der Waals surface area contributed by atoms with E-state index < -0.39 is 5.97 Å². The minimum absolute atomic E-state index is 0.140. The fourth-order valence-electron chi connectivity index (χ4n) is 1.99. The van der Waals surface area contributed by atoms with Gasteiger partial charge in [-0.05, 0) is 50.1 Å². The van der Waals surface area contributed by atoms with Crippen LogP contribution in [0.4, 0.5) is 5.69 Å². The van der Waals surface area contributed by atoms with Crippen LogP contribution >= 0.6 is 0 Å². The summed E-state index contributed by atoms with van der Waals surface area (Å²) in [6.45, 7) is 6.05. The number of nitrogens with zero attached hydrogens (tertiary/aromatic N) is 1. The Balaban J connectivity index is 3.06. The first-order valence-corrected chi connectivity index (χ1v) is 6.38. The average Bonchev–Trinajstić information content (AvgIpc) is 2.33. The summed E-state index contributed by atoms with van der Waals surface area (Å²) in [5.74, 6) is -1.36. The Bertz CT molecular complexity index is 536. The van der Waals surface area contributed by atoms with E-state index in [1.165, 1.54) is 6.08 Å². The molecule has 108 valence electrons. The summed E-state index contributed by atoms with van der Waals surface area (Å²) in [5, 5.41) is 8.61. The summed E-state index contributed by atoms with van der Waals surface area (Å²) >= 11 is 0. The predicted octanol–water partition coefficient (Wildman–Crippen LogP) is 1.79. The molecule has 0 atom stereocenters. The summed E-state index contributed by atoms with van der Waals surface area (Å²) in [6, 6.07) is 5.71. The van der Waals surface area contributed by atoms with E-state index in [-0.39, 0.29) is 18.5 Å². The molecule has 5 heteroatoms. The summed E-state index contributed by atoms with van der Waals surface area (Å²) in [6.07, 6.45) is 2.63. The van der Waals surface area contributed by atoms with E-state index in [9.17, 15) is 9.59 Å². The number of carbonyl (C=O) groups is 2. The highest BCUT2D eigenvalue weighted by atomic mass is 16.4. The van der Waals surface area contributed by atoms with E-state index in [4.69, 9.17) is 10.8 Å². The van der Waals surface area contributed by atoms with Crippen molar-refractivity contribution in [2.45, 2.75) is 26.8 Å². The Hall–Kier alpha value is -2.30. The molecule has 0 aliphatic heterocycles. The number of carbonyl (C=O) groups excluding carboxylic acids is 1. The van der Waals surface area contributed by atoms with Crippen molar-refractivity contribution in [3.8, 4) is 0 Å². The van der Waals surface area contributed by atoms with Gasteiger partial charge in [0.2, 0.25) is 5.91 Å². The molecule has 0 heterocycles. The lowest BCUT2D eigenvalue weighted by Crippen LogP contribution is -2.39. The van der Waals surface area contributed by atoms with Gasteiger partial charge in [0.05, 0.1) is 6.54 Å². The van der Waals surface area contributed by atoms with Crippen molar-refractivity contribution in [3.63, 3.8) is 0 Å². The van der Waals surface area contributed by atoms with Gasteiger partial charge in [0.25, 0.3) is 0 Å². The quantitative estimate of drug-likeness (QED) is 0.776. The fourth-order valence-corrected chi connectivity index (χ4v) is 1.99. The van der Waals surface area contributed by atoms with Crippen LogP contribution in [0.15, 0.2) is 24.3 Å². The summed E-state index contributed by atoms with van der Waals surface area (Å²) in [7, 11) is 0. The first kappa shape index (κ1) is 15.8. The molecule has 0 spiro atoms. The third-order valence-corrected chi connectivity index (χ3v) is 2.90. The number of rotatable bonds is 6. The number of benzene rings is 1. The lowest BCUT2D eigenvalue weighted by molar-refractivity contribution is -0.131. The van der Waals surface area contributed by atoms with Crippen LogP contribution in [0, 0.1) is 6.92 Å². The minimum atomic E-state index is -0.982. The molecular formula is C15H20N2O3. The maximum absolute atomic E-state index is 11.1. The molecule has 0 aromatic heterocycles. The van der Waals surface area contributed by atoms with Crippen molar-refractivity contribution in [2.75, 3.05) is 11.4 Å². The standard InChI is InChI=1S/C15H20N2O3/c1-10(2)17(9-14(16)18)13-6-4-12(8-11(13)3)5-7-15(19)20/h4-8,10H,9H2,1-3H3,(H2,16,18)(H,19,20). The van der Waals surface area contributed by atoms with Crippen LogP contribution < -0.4 is 10.6 Å². The summed E-state index contributed by atoms with van der Waals surface area (Å²) < 4.78 is 0. The van der Waals surface area contributed by atoms with Crippen LogP contribution in [-0.4, -0.2) is 29.6 Å². The molecule has 1 amide bonds. The van der Waals surface area contributed by atoms with E-state index in [0.29, 0.717) is 0 Å². The molecule has 0 saturated carbocycles. The van der Waals surface area contributed by atoms with Gasteiger partial charge in [-0.3, -0.25) is 4.79 Å². The molecule has 0 radical (unpaired) electrons. The van der Waals surface area contributed by atoms with Gasteiger partial charge in [-0.1, -0.05) is 6.07 Å². The lowest BCUT2D eigenvalue weighted by Gasteiger charge is -2.29. The molecule has 3 N–H and O–H groups in total. The smallest absolute Gasteiger partial charge is 0.328 e. The second-order valence-electron chi connectivity index (χ2n) is 4.91. The zero-order valence-electron chi connectivity index (χ0n) is 12.0. The molecule has 1 aromatic rings. The number of primary amides is 1. The van der Waals surface area contributed by atoms with E-state index in [2.05, 4.69) is 0 Å². The third-order valence-electron chi connectivity index (χ3n) is 2.90. The number of anilines is 1. The lowest BCUT2D eigenvalue weighted by atomic mass is 10.1. The zero-order valence-corrected chi connectivity index (χ0v) is 12.0. The number of hydrogen-bond donors (Lipinski definition) is 2. The first-order valence-electron chi connectivity index (χ1n) is 6.38. The molecule has 20 heavy (non-hydrogen) atoms. The van der Waals surface area contributed by atoms with Crippen molar-refractivity contribution in [3.05, 3.63) is 35.4 Å². The van der Waals surface area contributed by atoms with Gasteiger partial charge in [-0.25, -0.2) is 4.79 Å². The van der Waals surface area contributed by atoms with Gasteiger partial charge in [0.15, 0.2) is 0 Å². The van der Waals surface area contributed by atoms with Crippen LogP contribution in [0.25, 0.3) is 6.08 Å². The Morgan fingerprint density at radius 2 is 2.05 bits per heavy atom. The van der Waals surface area contributed by atoms with Crippen LogP contribution in [0.5, 0.6) is 0 Å². The topological polar surface area (TPSA) is 83.6 Å². The number of nitrogens with two attached hydrogens (primary N) is 1. The highest BCUT2D eigenvalue weighted by Gasteiger charge is 2.15. The van der Waals surface area contributed by atoms with Crippen LogP contribution in [0.3, 0.4) is 0 Å². The molecule has 0 saturated heterocycles. The second kappa shape index (κ2) is 6.75. The van der Waals surface area contributed by atoms with E-state index >= 15 is 0 Å². The predicted molar refractivity (Wildman–Crippen MR) is 79.5 cm³/mol. The van der Waals surface area contributed by atoms with E-state index in [0.717, 1.165) is 22.9 Å². The number of amides is 1. The zero-order chi connectivity index (χ0) is 15.3. The van der Waals surface area contributed by atoms with Gasteiger partial charge in [0.1, 0.15) is 0 Å². The fraction of sp³-hybridized carbons (Fsp3) is 0.333. The van der Waals surface area contributed by atoms with Crippen LogP contribution in [-0.2, 0) is 9.59 Å². The van der Waals surface area contributed by atoms with Crippen molar-refractivity contribution in [2.24, 2.45) is 5.73 Å². The highest BCUT2D eigenvalue weighted by Crippen LogP contribution is 2.23. The molecule has 1 aromatic carbocycles. The van der Waals surface area contributed by atoms with Crippen molar-refractivity contribution >= 4 is 23.6 Å². The van der Waals surface area contributed by atoms with Crippen molar-refractivity contribution in [1.82, 2.24) is 0 Å². The average molecular weight is 276 g/mol. The molecule has 0 unspecified atom stereocenters. The molecule has 0 bridgehead atoms. The Morgan fingerprint density at radius 3 is 2.50 bits per heavy atom.